The van der Waals surface area contributed by atoms with E-state index in [1.54, 1.807) is 0 Å². The lowest BCUT2D eigenvalue weighted by Gasteiger charge is -2.16. The molecule has 0 bridgehead atoms. The Morgan fingerprint density at radius 2 is 1.87 bits per heavy atom. The second-order valence-electron chi connectivity index (χ2n) is 3.00. The van der Waals surface area contributed by atoms with Crippen molar-refractivity contribution in [1.29, 1.82) is 0 Å². The first-order valence-corrected chi connectivity index (χ1v) is 6.08. The SMILES string of the molecule is CC(C)CC(C(=O)O)N(Cl)Br.O=[P+](O)O. The van der Waals surface area contributed by atoms with E-state index in [4.69, 9.17) is 31.2 Å². The molecule has 0 saturated heterocycles. The Kier molecular flexibility index (Phi) is 11.1. The lowest BCUT2D eigenvalue weighted by molar-refractivity contribution is -0.140. The van der Waals surface area contributed by atoms with Gasteiger partial charge in [-0.15, -0.1) is 13.2 Å². The molecule has 0 radical (unpaired) electrons. The lowest BCUT2D eigenvalue weighted by atomic mass is 10.1. The zero-order chi connectivity index (χ0) is 12.6. The Morgan fingerprint density at radius 1 is 1.53 bits per heavy atom. The maximum absolute atomic E-state index is 10.5. The van der Waals surface area contributed by atoms with Crippen LogP contribution in [0.5, 0.6) is 0 Å². The van der Waals surface area contributed by atoms with Gasteiger partial charge in [-0.25, -0.2) is 0 Å². The molecular formula is C6H13BrClNO5P+. The van der Waals surface area contributed by atoms with Gasteiger partial charge >= 0.3 is 14.2 Å². The van der Waals surface area contributed by atoms with E-state index in [0.717, 1.165) is 3.45 Å². The summed E-state index contributed by atoms with van der Waals surface area (Å²) in [5.74, 6) is -0.597. The number of hydrogen-bond donors (Lipinski definition) is 3. The molecule has 0 aliphatic carbocycles. The average molecular weight is 326 g/mol. The summed E-state index contributed by atoms with van der Waals surface area (Å²) in [6.07, 6.45) is 0.532. The third-order valence-electron chi connectivity index (χ3n) is 1.22. The van der Waals surface area contributed by atoms with Crippen molar-refractivity contribution in [2.24, 2.45) is 5.92 Å². The van der Waals surface area contributed by atoms with Crippen LogP contribution in [-0.4, -0.2) is 30.3 Å². The number of aliphatic carboxylic acids is 1. The van der Waals surface area contributed by atoms with E-state index < -0.39 is 20.3 Å². The van der Waals surface area contributed by atoms with Crippen LogP contribution in [0.15, 0.2) is 0 Å². The highest BCUT2D eigenvalue weighted by Gasteiger charge is 2.23. The lowest BCUT2D eigenvalue weighted by Crippen LogP contribution is -2.30. The van der Waals surface area contributed by atoms with E-state index in [0.29, 0.717) is 12.3 Å². The highest BCUT2D eigenvalue weighted by Crippen LogP contribution is 2.17. The first-order valence-electron chi connectivity index (χ1n) is 3.87. The first-order chi connectivity index (χ1) is 6.68. The van der Waals surface area contributed by atoms with Gasteiger partial charge in [0.1, 0.15) is 6.04 Å². The van der Waals surface area contributed by atoms with Gasteiger partial charge in [-0.1, -0.05) is 13.8 Å². The molecule has 0 aliphatic heterocycles. The van der Waals surface area contributed by atoms with Gasteiger partial charge in [-0.2, -0.15) is 0 Å². The Balaban J connectivity index is 0. The van der Waals surface area contributed by atoms with E-state index in [-0.39, 0.29) is 0 Å². The smallest absolute Gasteiger partial charge is 0.480 e. The third kappa shape index (κ3) is 14.2. The molecule has 0 spiro atoms. The summed E-state index contributed by atoms with van der Waals surface area (Å²) in [6, 6.07) is -0.656. The van der Waals surface area contributed by atoms with Gasteiger partial charge in [-0.3, -0.25) is 4.79 Å². The molecule has 0 aromatic rings. The van der Waals surface area contributed by atoms with E-state index >= 15 is 0 Å². The van der Waals surface area contributed by atoms with Crippen LogP contribution in [0, 0.1) is 5.92 Å². The van der Waals surface area contributed by atoms with E-state index in [2.05, 4.69) is 16.1 Å². The molecule has 3 N–H and O–H groups in total. The maximum atomic E-state index is 10.5. The van der Waals surface area contributed by atoms with Crippen molar-refractivity contribution in [2.75, 3.05) is 0 Å². The molecule has 9 heteroatoms. The molecule has 0 heterocycles. The van der Waals surface area contributed by atoms with Crippen molar-refractivity contribution in [1.82, 2.24) is 3.45 Å². The molecule has 0 fully saturated rings. The largest absolute Gasteiger partial charge is 0.692 e. The fourth-order valence-electron chi connectivity index (χ4n) is 0.711. The highest BCUT2D eigenvalue weighted by molar-refractivity contribution is 9.08. The summed E-state index contributed by atoms with van der Waals surface area (Å²) in [6.45, 7) is 3.90. The zero-order valence-corrected chi connectivity index (χ0v) is 11.4. The summed E-state index contributed by atoms with van der Waals surface area (Å²) < 4.78 is 9.73. The standard InChI is InChI=1S/C6H11BrClNO2.HO3P/c1-4(2)3-5(6(10)11)9(7)8;1-4(2)3/h4-5H,3H2,1-2H3,(H,10,11);(H-,1,2,3)/p+1. The molecule has 90 valence electrons. The Labute approximate surface area is 102 Å². The fraction of sp³-hybridized carbons (Fsp3) is 0.833. The molecule has 0 saturated carbocycles. The summed E-state index contributed by atoms with van der Waals surface area (Å²) >= 11 is 8.34. The molecule has 0 aliphatic rings. The van der Waals surface area contributed by atoms with Crippen LogP contribution in [0.1, 0.15) is 20.3 Å². The Bertz CT molecular complexity index is 212. The van der Waals surface area contributed by atoms with E-state index in [1.807, 2.05) is 13.8 Å². The van der Waals surface area contributed by atoms with Gasteiger partial charge in [0, 0.05) is 20.7 Å². The van der Waals surface area contributed by atoms with Crippen LogP contribution in [-0.2, 0) is 9.36 Å². The Morgan fingerprint density at radius 3 is 1.93 bits per heavy atom. The van der Waals surface area contributed by atoms with Gasteiger partial charge in [0.2, 0.25) is 0 Å². The molecule has 1 atom stereocenters. The highest BCUT2D eigenvalue weighted by atomic mass is 79.9. The van der Waals surface area contributed by atoms with Gasteiger partial charge < -0.3 is 5.11 Å². The van der Waals surface area contributed by atoms with E-state index in [1.165, 1.54) is 0 Å². The van der Waals surface area contributed by atoms with Crippen LogP contribution in [0.3, 0.4) is 0 Å². The molecule has 0 aromatic heterocycles. The van der Waals surface area contributed by atoms with Crippen molar-refractivity contribution in [2.45, 2.75) is 26.3 Å². The summed E-state index contributed by atoms with van der Waals surface area (Å²) in [5, 5.41) is 8.64. The molecule has 0 aromatic carbocycles. The third-order valence-corrected chi connectivity index (χ3v) is 1.95. The normalized spacial score (nSPS) is 12.0. The zero-order valence-electron chi connectivity index (χ0n) is 8.17. The summed E-state index contributed by atoms with van der Waals surface area (Å²) in [7, 11) is -2.87. The molecule has 1 unspecified atom stereocenters. The van der Waals surface area contributed by atoms with Crippen LogP contribution in [0.2, 0.25) is 0 Å². The van der Waals surface area contributed by atoms with E-state index in [9.17, 15) is 4.79 Å². The van der Waals surface area contributed by atoms with Crippen LogP contribution < -0.4 is 0 Å². The maximum Gasteiger partial charge on any atom is 0.692 e. The fourth-order valence-corrected chi connectivity index (χ4v) is 1.22. The van der Waals surface area contributed by atoms with Crippen LogP contribution in [0.4, 0.5) is 0 Å². The number of carboxylic acid groups (broad SMARTS) is 1. The van der Waals surface area contributed by atoms with Crippen molar-refractivity contribution in [3.8, 4) is 0 Å². The number of carboxylic acids is 1. The minimum Gasteiger partial charge on any atom is -0.480 e. The minimum atomic E-state index is -2.87. The predicted molar refractivity (Wildman–Crippen MR) is 59.5 cm³/mol. The number of halogens is 2. The van der Waals surface area contributed by atoms with Gasteiger partial charge in [-0.05, 0) is 24.1 Å². The summed E-state index contributed by atoms with van der Waals surface area (Å²) in [4.78, 5) is 24.8. The van der Waals surface area contributed by atoms with Gasteiger partial charge in [0.25, 0.3) is 0 Å². The second-order valence-corrected chi connectivity index (χ2v) is 5.04. The number of carbonyl (C=O) groups is 1. The van der Waals surface area contributed by atoms with Crippen molar-refractivity contribution >= 4 is 42.1 Å². The van der Waals surface area contributed by atoms with Crippen molar-refractivity contribution < 1.29 is 24.3 Å². The predicted octanol–water partition coefficient (Wildman–Crippen LogP) is 1.88. The minimum absolute atomic E-state index is 0.315. The topological polar surface area (TPSA) is 98.1 Å². The quantitative estimate of drug-likeness (QED) is 0.539. The van der Waals surface area contributed by atoms with Gasteiger partial charge in [0.05, 0.1) is 0 Å². The van der Waals surface area contributed by atoms with Crippen molar-refractivity contribution in [3.05, 3.63) is 0 Å². The van der Waals surface area contributed by atoms with Crippen molar-refractivity contribution in [3.63, 3.8) is 0 Å². The van der Waals surface area contributed by atoms with Crippen LogP contribution in [0.25, 0.3) is 0 Å². The molecule has 6 nitrogen and oxygen atoms in total. The monoisotopic (exact) mass is 324 g/mol. The molecule has 0 amide bonds. The van der Waals surface area contributed by atoms with Gasteiger partial charge in [0.15, 0.2) is 0 Å². The molecule has 15 heavy (non-hydrogen) atoms. The average Bonchev–Trinajstić information content (AvgIpc) is 1.97. The number of rotatable bonds is 4. The first kappa shape index (κ1) is 17.6. The second kappa shape index (κ2) is 9.45. The number of nitrogens with zero attached hydrogens (tertiary/aromatic N) is 1. The molecular weight excluding hydrogens is 312 g/mol. The number of hydrogen-bond acceptors (Lipinski definition) is 3. The summed E-state index contributed by atoms with van der Waals surface area (Å²) in [5.41, 5.74) is 0. The Hall–Kier alpha value is 0.220. The van der Waals surface area contributed by atoms with Crippen LogP contribution >= 0.6 is 36.2 Å². The molecule has 0 rings (SSSR count).